The first-order chi connectivity index (χ1) is 20.0. The summed E-state index contributed by atoms with van der Waals surface area (Å²) < 4.78 is 17.2. The Morgan fingerprint density at radius 2 is 1.54 bits per heavy atom. The molecule has 8 heteroatoms. The minimum absolute atomic E-state index is 0.0172. The molecular weight excluding hydrogens is 518 g/mol. The van der Waals surface area contributed by atoms with Crippen LogP contribution in [-0.4, -0.2) is 74.7 Å². The van der Waals surface area contributed by atoms with Gasteiger partial charge >= 0.3 is 0 Å². The van der Waals surface area contributed by atoms with E-state index >= 15 is 0 Å². The standard InChI is InChI=1S/C33H37N3O5/c1-4-40-28-20-22-14-15-36-31(27(22)21-29(28)41-5-2)30(25-8-6-7-9-26(25)32(36)37)33(38)35-18-16-34(17-19-35)23-10-12-24(39-3)13-11-23/h6-13,20-21,30-31H,4-5,14-19H2,1-3H3/t30-,31+/m0/s1. The summed E-state index contributed by atoms with van der Waals surface area (Å²) in [5.74, 6) is 1.74. The molecule has 1 fully saturated rings. The molecule has 3 aliphatic rings. The molecule has 0 N–H and O–H groups in total. The maximum Gasteiger partial charge on any atom is 0.254 e. The minimum atomic E-state index is -0.497. The molecule has 6 rings (SSSR count). The van der Waals surface area contributed by atoms with Gasteiger partial charge in [0.05, 0.1) is 32.3 Å². The van der Waals surface area contributed by atoms with Crippen LogP contribution in [-0.2, 0) is 11.2 Å². The van der Waals surface area contributed by atoms with E-state index in [9.17, 15) is 9.59 Å². The average Bonchev–Trinajstić information content (AvgIpc) is 3.01. The lowest BCUT2D eigenvalue weighted by atomic mass is 9.75. The summed E-state index contributed by atoms with van der Waals surface area (Å²) in [7, 11) is 1.66. The molecule has 2 atom stereocenters. The van der Waals surface area contributed by atoms with Crippen molar-refractivity contribution in [3.05, 3.63) is 82.9 Å². The summed E-state index contributed by atoms with van der Waals surface area (Å²) in [6, 6.07) is 19.3. The van der Waals surface area contributed by atoms with E-state index in [1.54, 1.807) is 7.11 Å². The molecule has 1 saturated heterocycles. The van der Waals surface area contributed by atoms with E-state index < -0.39 is 12.0 Å². The van der Waals surface area contributed by atoms with Gasteiger partial charge in [-0.3, -0.25) is 9.59 Å². The van der Waals surface area contributed by atoms with Crippen LogP contribution < -0.4 is 19.1 Å². The number of rotatable bonds is 7. The van der Waals surface area contributed by atoms with Gasteiger partial charge in [-0.05, 0) is 79.4 Å². The second-order valence-corrected chi connectivity index (χ2v) is 10.6. The van der Waals surface area contributed by atoms with Crippen molar-refractivity contribution >= 4 is 17.5 Å². The zero-order chi connectivity index (χ0) is 28.5. The number of amides is 2. The molecule has 3 aromatic rings. The molecule has 0 radical (unpaired) electrons. The third kappa shape index (κ3) is 4.85. The Morgan fingerprint density at radius 1 is 0.854 bits per heavy atom. The molecule has 3 heterocycles. The van der Waals surface area contributed by atoms with Crippen molar-refractivity contribution in [2.45, 2.75) is 32.2 Å². The lowest BCUT2D eigenvalue weighted by Crippen LogP contribution is -2.54. The minimum Gasteiger partial charge on any atom is -0.497 e. The molecule has 0 saturated carbocycles. The highest BCUT2D eigenvalue weighted by Crippen LogP contribution is 2.49. The molecule has 2 amide bonds. The molecule has 3 aliphatic heterocycles. The fourth-order valence-electron chi connectivity index (χ4n) is 6.51. The average molecular weight is 556 g/mol. The van der Waals surface area contributed by atoms with Crippen LogP contribution in [0.25, 0.3) is 0 Å². The molecule has 0 bridgehead atoms. The van der Waals surface area contributed by atoms with Crippen LogP contribution in [0, 0.1) is 0 Å². The zero-order valence-corrected chi connectivity index (χ0v) is 24.0. The van der Waals surface area contributed by atoms with E-state index in [0.29, 0.717) is 56.3 Å². The van der Waals surface area contributed by atoms with Gasteiger partial charge in [-0.25, -0.2) is 0 Å². The van der Waals surface area contributed by atoms with Crippen molar-refractivity contribution < 1.29 is 23.8 Å². The number of piperazine rings is 1. The Kier molecular flexibility index (Phi) is 7.47. The first-order valence-electron chi connectivity index (χ1n) is 14.5. The van der Waals surface area contributed by atoms with E-state index in [1.165, 1.54) is 0 Å². The number of methoxy groups -OCH3 is 1. The summed E-state index contributed by atoms with van der Waals surface area (Å²) in [5.41, 5.74) is 4.63. The SMILES string of the molecule is CCOc1cc2c(cc1OCC)[C@@H]1[C@@H](C(=O)N3CCN(c4ccc(OC)cc4)CC3)c3ccccc3C(=O)N1CC2. The Morgan fingerprint density at radius 3 is 2.22 bits per heavy atom. The van der Waals surface area contributed by atoms with Crippen LogP contribution in [0.2, 0.25) is 0 Å². The third-order valence-corrected chi connectivity index (χ3v) is 8.48. The number of ether oxygens (including phenoxy) is 3. The fraction of sp³-hybridized carbons (Fsp3) is 0.394. The Bertz CT molecular complexity index is 1430. The van der Waals surface area contributed by atoms with Crippen LogP contribution in [0.4, 0.5) is 5.69 Å². The predicted octanol–water partition coefficient (Wildman–Crippen LogP) is 4.68. The number of benzene rings is 3. The number of hydrogen-bond donors (Lipinski definition) is 0. The van der Waals surface area contributed by atoms with E-state index in [2.05, 4.69) is 17.0 Å². The summed E-state index contributed by atoms with van der Waals surface area (Å²) in [6.45, 7) is 8.19. The van der Waals surface area contributed by atoms with Crippen molar-refractivity contribution in [3.8, 4) is 17.2 Å². The molecule has 0 aromatic heterocycles. The molecule has 0 unspecified atom stereocenters. The summed E-state index contributed by atoms with van der Waals surface area (Å²) in [5, 5.41) is 0. The summed E-state index contributed by atoms with van der Waals surface area (Å²) in [4.78, 5) is 34.4. The van der Waals surface area contributed by atoms with Crippen molar-refractivity contribution in [1.29, 1.82) is 0 Å². The van der Waals surface area contributed by atoms with E-state index in [1.807, 2.05) is 72.2 Å². The second-order valence-electron chi connectivity index (χ2n) is 10.6. The number of hydrogen-bond acceptors (Lipinski definition) is 6. The Hall–Kier alpha value is -4.20. The molecular formula is C33H37N3O5. The van der Waals surface area contributed by atoms with Crippen molar-refractivity contribution in [2.75, 3.05) is 57.9 Å². The normalized spacial score (nSPS) is 19.7. The highest BCUT2D eigenvalue weighted by atomic mass is 16.5. The second kappa shape index (κ2) is 11.4. The Labute approximate surface area is 241 Å². The fourth-order valence-corrected chi connectivity index (χ4v) is 6.51. The van der Waals surface area contributed by atoms with Gasteiger partial charge in [0.1, 0.15) is 5.75 Å². The molecule has 0 spiro atoms. The highest BCUT2D eigenvalue weighted by molar-refractivity contribution is 6.01. The van der Waals surface area contributed by atoms with E-state index in [4.69, 9.17) is 14.2 Å². The van der Waals surface area contributed by atoms with Crippen molar-refractivity contribution in [3.63, 3.8) is 0 Å². The molecule has 214 valence electrons. The van der Waals surface area contributed by atoms with Crippen LogP contribution in [0.5, 0.6) is 17.2 Å². The van der Waals surface area contributed by atoms with Crippen LogP contribution in [0.15, 0.2) is 60.7 Å². The smallest absolute Gasteiger partial charge is 0.254 e. The lowest BCUT2D eigenvalue weighted by Gasteiger charge is -2.47. The summed E-state index contributed by atoms with van der Waals surface area (Å²) in [6.07, 6.45) is 0.702. The molecule has 0 aliphatic carbocycles. The van der Waals surface area contributed by atoms with Gasteiger partial charge in [0.2, 0.25) is 5.91 Å². The van der Waals surface area contributed by atoms with Gasteiger partial charge in [-0.1, -0.05) is 18.2 Å². The van der Waals surface area contributed by atoms with E-state index in [-0.39, 0.29) is 11.8 Å². The third-order valence-electron chi connectivity index (χ3n) is 8.48. The quantitative estimate of drug-likeness (QED) is 0.422. The van der Waals surface area contributed by atoms with E-state index in [0.717, 1.165) is 41.2 Å². The maximum absolute atomic E-state index is 14.5. The molecule has 41 heavy (non-hydrogen) atoms. The predicted molar refractivity (Wildman–Crippen MR) is 157 cm³/mol. The lowest BCUT2D eigenvalue weighted by molar-refractivity contribution is -0.135. The van der Waals surface area contributed by atoms with Crippen LogP contribution in [0.1, 0.15) is 52.9 Å². The van der Waals surface area contributed by atoms with Crippen LogP contribution in [0.3, 0.4) is 0 Å². The number of carbonyl (C=O) groups is 2. The Balaban J connectivity index is 1.34. The first-order valence-corrected chi connectivity index (χ1v) is 14.5. The number of anilines is 1. The monoisotopic (exact) mass is 555 g/mol. The number of carbonyl (C=O) groups excluding carboxylic acids is 2. The zero-order valence-electron chi connectivity index (χ0n) is 24.0. The topological polar surface area (TPSA) is 71.5 Å². The van der Waals surface area contributed by atoms with Gasteiger partial charge in [-0.2, -0.15) is 0 Å². The number of fused-ring (bicyclic) bond motifs is 4. The maximum atomic E-state index is 14.5. The van der Waals surface area contributed by atoms with Crippen molar-refractivity contribution in [2.24, 2.45) is 0 Å². The van der Waals surface area contributed by atoms with Gasteiger partial charge in [0, 0.05) is 44.0 Å². The van der Waals surface area contributed by atoms with Gasteiger partial charge < -0.3 is 28.9 Å². The highest BCUT2D eigenvalue weighted by Gasteiger charge is 2.48. The molecule has 3 aromatic carbocycles. The van der Waals surface area contributed by atoms with Crippen molar-refractivity contribution in [1.82, 2.24) is 9.80 Å². The molecule has 8 nitrogen and oxygen atoms in total. The first kappa shape index (κ1) is 27.0. The number of nitrogens with zero attached hydrogens (tertiary/aromatic N) is 3. The van der Waals surface area contributed by atoms with Gasteiger partial charge in [0.25, 0.3) is 5.91 Å². The van der Waals surface area contributed by atoms with Crippen LogP contribution >= 0.6 is 0 Å². The summed E-state index contributed by atoms with van der Waals surface area (Å²) >= 11 is 0. The largest absolute Gasteiger partial charge is 0.497 e. The van der Waals surface area contributed by atoms with Gasteiger partial charge in [-0.15, -0.1) is 0 Å². The van der Waals surface area contributed by atoms with Gasteiger partial charge in [0.15, 0.2) is 11.5 Å².